The first-order valence-corrected chi connectivity index (χ1v) is 18.3. The Morgan fingerprint density at radius 2 is 0.852 bits per heavy atom. The Bertz CT molecular complexity index is 3150. The Morgan fingerprint density at radius 3 is 1.52 bits per heavy atom. The summed E-state index contributed by atoms with van der Waals surface area (Å²) < 4.78 is 4.83. The Labute approximate surface area is 311 Å². The lowest BCUT2D eigenvalue weighted by atomic mass is 10.1. The third-order valence-corrected chi connectivity index (χ3v) is 10.7. The van der Waals surface area contributed by atoms with Crippen LogP contribution in [-0.4, -0.2) is 19.1 Å². The molecule has 8 aromatic carbocycles. The van der Waals surface area contributed by atoms with Crippen molar-refractivity contribution in [1.82, 2.24) is 19.1 Å². The molecule has 4 heteroatoms. The van der Waals surface area contributed by atoms with E-state index in [-0.39, 0.29) is 0 Å². The van der Waals surface area contributed by atoms with Crippen LogP contribution >= 0.6 is 0 Å². The molecule has 11 rings (SSSR count). The van der Waals surface area contributed by atoms with E-state index in [0.717, 1.165) is 50.5 Å². The molecule has 0 N–H and O–H groups in total. The van der Waals surface area contributed by atoms with Gasteiger partial charge in [0.2, 0.25) is 0 Å². The summed E-state index contributed by atoms with van der Waals surface area (Å²) in [5.74, 6) is 0.686. The second-order valence-electron chi connectivity index (χ2n) is 13.8. The maximum absolute atomic E-state index is 5.25. The highest BCUT2D eigenvalue weighted by atomic mass is 15.0. The second-order valence-corrected chi connectivity index (χ2v) is 13.8. The van der Waals surface area contributed by atoms with Crippen molar-refractivity contribution >= 4 is 54.4 Å². The van der Waals surface area contributed by atoms with E-state index in [9.17, 15) is 0 Å². The predicted molar refractivity (Wildman–Crippen MR) is 225 cm³/mol. The molecule has 252 valence electrons. The Hall–Kier alpha value is -7.30. The average molecular weight is 689 g/mol. The van der Waals surface area contributed by atoms with Crippen LogP contribution in [0.5, 0.6) is 0 Å². The van der Waals surface area contributed by atoms with Crippen molar-refractivity contribution < 1.29 is 0 Å². The summed E-state index contributed by atoms with van der Waals surface area (Å²) in [4.78, 5) is 10.5. The van der Waals surface area contributed by atoms with Crippen molar-refractivity contribution in [2.24, 2.45) is 0 Å². The smallest absolute Gasteiger partial charge is 0.162 e. The van der Waals surface area contributed by atoms with Crippen LogP contribution in [0.2, 0.25) is 0 Å². The second kappa shape index (κ2) is 12.1. The molecule has 0 saturated heterocycles. The third kappa shape index (κ3) is 4.78. The minimum atomic E-state index is 0.686. The zero-order valence-corrected chi connectivity index (χ0v) is 29.3. The molecule has 0 aliphatic heterocycles. The van der Waals surface area contributed by atoms with Crippen molar-refractivity contribution in [3.63, 3.8) is 0 Å². The van der Waals surface area contributed by atoms with Gasteiger partial charge in [-0.3, -0.25) is 0 Å². The van der Waals surface area contributed by atoms with E-state index in [1.165, 1.54) is 43.4 Å². The number of nitrogens with zero attached hydrogens (tertiary/aromatic N) is 4. The quantitative estimate of drug-likeness (QED) is 0.180. The lowest BCUT2D eigenvalue weighted by Gasteiger charge is -2.15. The van der Waals surface area contributed by atoms with Crippen LogP contribution in [0.1, 0.15) is 0 Å². The average Bonchev–Trinajstić information content (AvgIpc) is 3.75. The molecule has 54 heavy (non-hydrogen) atoms. The summed E-state index contributed by atoms with van der Waals surface area (Å²) in [5.41, 5.74) is 11.7. The van der Waals surface area contributed by atoms with Crippen molar-refractivity contribution in [2.45, 2.75) is 0 Å². The molecule has 0 amide bonds. The number of fused-ring (bicyclic) bond motifs is 7. The Morgan fingerprint density at radius 1 is 0.333 bits per heavy atom. The predicted octanol–water partition coefficient (Wildman–Crippen LogP) is 12.8. The standard InChI is InChI=1S/C50H32N4/c1-3-16-34(17-4-1)43-32-44(35-18-5-2-6-19-35)52-50(51-43)40-23-11-14-26-47(40)54-46-25-13-10-22-39(46)42-30-48-41(31-49(42)54)38-21-9-12-24-45(38)53(48)37-28-27-33-15-7-8-20-36(33)29-37/h1-32H. The van der Waals surface area contributed by atoms with Crippen LogP contribution in [0, 0.1) is 0 Å². The van der Waals surface area contributed by atoms with Gasteiger partial charge in [0.05, 0.1) is 39.1 Å². The Kier molecular flexibility index (Phi) is 6.82. The van der Waals surface area contributed by atoms with E-state index < -0.39 is 0 Å². The van der Waals surface area contributed by atoms with E-state index in [1.54, 1.807) is 0 Å². The lowest BCUT2D eigenvalue weighted by molar-refractivity contribution is 1.14. The monoisotopic (exact) mass is 688 g/mol. The number of rotatable bonds is 5. The van der Waals surface area contributed by atoms with Gasteiger partial charge in [0.15, 0.2) is 5.82 Å². The molecular formula is C50H32N4. The van der Waals surface area contributed by atoms with Crippen LogP contribution in [-0.2, 0) is 0 Å². The van der Waals surface area contributed by atoms with E-state index >= 15 is 0 Å². The van der Waals surface area contributed by atoms with Crippen LogP contribution in [0.25, 0.3) is 99.7 Å². The molecule has 0 bridgehead atoms. The third-order valence-electron chi connectivity index (χ3n) is 10.7. The van der Waals surface area contributed by atoms with E-state index in [0.29, 0.717) is 5.82 Å². The van der Waals surface area contributed by atoms with E-state index in [1.807, 2.05) is 12.1 Å². The summed E-state index contributed by atoms with van der Waals surface area (Å²) in [5, 5.41) is 7.29. The van der Waals surface area contributed by atoms with Crippen LogP contribution < -0.4 is 0 Å². The SMILES string of the molecule is c1ccc(-c2cc(-c3ccccc3)nc(-c3ccccc3-n3c4ccccc4c4cc5c(cc43)c3ccccc3n5-c3ccc4ccccc4c3)n2)cc1. The highest BCUT2D eigenvalue weighted by Gasteiger charge is 2.21. The maximum atomic E-state index is 5.25. The van der Waals surface area contributed by atoms with Crippen LogP contribution in [0.15, 0.2) is 194 Å². The van der Waals surface area contributed by atoms with Gasteiger partial charge < -0.3 is 9.13 Å². The molecule has 0 radical (unpaired) electrons. The highest BCUT2D eigenvalue weighted by molar-refractivity contribution is 6.19. The molecular weight excluding hydrogens is 657 g/mol. The molecule has 4 nitrogen and oxygen atoms in total. The minimum Gasteiger partial charge on any atom is -0.309 e. The molecule has 0 fully saturated rings. The number of benzene rings is 8. The number of hydrogen-bond donors (Lipinski definition) is 0. The Balaban J connectivity index is 1.19. The molecule has 3 aromatic heterocycles. The minimum absolute atomic E-state index is 0.686. The van der Waals surface area contributed by atoms with Gasteiger partial charge in [-0.05, 0) is 65.4 Å². The van der Waals surface area contributed by atoms with E-state index in [4.69, 9.17) is 9.97 Å². The maximum Gasteiger partial charge on any atom is 0.162 e. The van der Waals surface area contributed by atoms with Crippen molar-refractivity contribution in [3.05, 3.63) is 194 Å². The van der Waals surface area contributed by atoms with Crippen molar-refractivity contribution in [3.8, 4) is 45.3 Å². The fraction of sp³-hybridized carbons (Fsp3) is 0. The van der Waals surface area contributed by atoms with Crippen LogP contribution in [0.4, 0.5) is 0 Å². The van der Waals surface area contributed by atoms with Crippen molar-refractivity contribution in [1.29, 1.82) is 0 Å². The topological polar surface area (TPSA) is 35.6 Å². The molecule has 0 aliphatic carbocycles. The fourth-order valence-electron chi connectivity index (χ4n) is 8.22. The number of aromatic nitrogens is 4. The lowest BCUT2D eigenvalue weighted by Crippen LogP contribution is -2.01. The van der Waals surface area contributed by atoms with Gasteiger partial charge in [-0.1, -0.05) is 140 Å². The summed E-state index contributed by atoms with van der Waals surface area (Å²) in [6, 6.07) is 69.0. The first kappa shape index (κ1) is 30.3. The number of hydrogen-bond acceptors (Lipinski definition) is 2. The first-order chi connectivity index (χ1) is 26.8. The normalized spacial score (nSPS) is 11.7. The summed E-state index contributed by atoms with van der Waals surface area (Å²) >= 11 is 0. The zero-order chi connectivity index (χ0) is 35.6. The number of para-hydroxylation sites is 3. The molecule has 0 spiro atoms. The highest BCUT2D eigenvalue weighted by Crippen LogP contribution is 2.41. The van der Waals surface area contributed by atoms with Crippen molar-refractivity contribution in [2.75, 3.05) is 0 Å². The molecule has 0 aliphatic rings. The van der Waals surface area contributed by atoms with Gasteiger partial charge >= 0.3 is 0 Å². The van der Waals surface area contributed by atoms with Crippen LogP contribution in [0.3, 0.4) is 0 Å². The molecule has 0 unspecified atom stereocenters. The van der Waals surface area contributed by atoms with Gasteiger partial charge in [0.1, 0.15) is 0 Å². The summed E-state index contributed by atoms with van der Waals surface area (Å²) in [7, 11) is 0. The molecule has 3 heterocycles. The van der Waals surface area contributed by atoms with E-state index in [2.05, 4.69) is 191 Å². The largest absolute Gasteiger partial charge is 0.309 e. The van der Waals surface area contributed by atoms with Gasteiger partial charge in [0.25, 0.3) is 0 Å². The summed E-state index contributed by atoms with van der Waals surface area (Å²) in [6.45, 7) is 0. The molecule has 0 atom stereocenters. The van der Waals surface area contributed by atoms with Gasteiger partial charge in [0, 0.05) is 43.9 Å². The first-order valence-electron chi connectivity index (χ1n) is 18.3. The summed E-state index contributed by atoms with van der Waals surface area (Å²) in [6.07, 6.45) is 0. The van der Waals surface area contributed by atoms with Gasteiger partial charge in [-0.25, -0.2) is 9.97 Å². The van der Waals surface area contributed by atoms with Gasteiger partial charge in [-0.2, -0.15) is 0 Å². The molecule has 11 aromatic rings. The molecule has 0 saturated carbocycles. The zero-order valence-electron chi connectivity index (χ0n) is 29.3. The van der Waals surface area contributed by atoms with Gasteiger partial charge in [-0.15, -0.1) is 0 Å². The fourth-order valence-corrected chi connectivity index (χ4v) is 8.22.